The van der Waals surface area contributed by atoms with Crippen molar-refractivity contribution in [2.24, 2.45) is 34.5 Å². The molecule has 0 aliphatic heterocycles. The number of carbonyl (C=O) groups is 1. The molecule has 0 bridgehead atoms. The van der Waals surface area contributed by atoms with E-state index in [0.29, 0.717) is 17.1 Å². The number of aliphatic hydroxyl groups excluding tert-OH is 1. The van der Waals surface area contributed by atoms with Crippen molar-refractivity contribution in [1.29, 1.82) is 0 Å². The number of hydrogen-bond donors (Lipinski definition) is 1. The summed E-state index contributed by atoms with van der Waals surface area (Å²) in [6.07, 6.45) is 10.1. The third kappa shape index (κ3) is 1.84. The largest absolute Gasteiger partial charge is 0.393 e. The van der Waals surface area contributed by atoms with Gasteiger partial charge in [0.2, 0.25) is 0 Å². The van der Waals surface area contributed by atoms with Gasteiger partial charge in [-0.05, 0) is 80.5 Å². The number of aliphatic hydroxyl groups is 1. The van der Waals surface area contributed by atoms with Crippen LogP contribution in [0.15, 0.2) is 0 Å². The van der Waals surface area contributed by atoms with Crippen LogP contribution >= 0.6 is 0 Å². The summed E-state index contributed by atoms with van der Waals surface area (Å²) in [5.74, 6) is 3.54. The second-order valence-electron chi connectivity index (χ2n) is 9.00. The molecule has 7 atom stereocenters. The van der Waals surface area contributed by atoms with Gasteiger partial charge in [-0.3, -0.25) is 4.79 Å². The van der Waals surface area contributed by atoms with Crippen molar-refractivity contribution in [3.8, 4) is 0 Å². The summed E-state index contributed by atoms with van der Waals surface area (Å²) in [4.78, 5) is 12.4. The Kier molecular flexibility index (Phi) is 3.10. The number of carbonyl (C=O) groups excluding carboxylic acids is 1. The first-order valence-electron chi connectivity index (χ1n) is 9.16. The van der Waals surface area contributed by atoms with Gasteiger partial charge in [0.1, 0.15) is 5.78 Å². The van der Waals surface area contributed by atoms with Crippen LogP contribution in [0.5, 0.6) is 0 Å². The van der Waals surface area contributed by atoms with Gasteiger partial charge in [-0.1, -0.05) is 13.8 Å². The lowest BCUT2D eigenvalue weighted by atomic mass is 9.45. The van der Waals surface area contributed by atoms with Crippen LogP contribution in [0.2, 0.25) is 0 Å². The maximum atomic E-state index is 12.4. The highest BCUT2D eigenvalue weighted by Gasteiger charge is 2.60. The SMILES string of the molecule is C[C@]12CC[C@H](O)CC1CCC1C2CC[C@]2(C)C(=O)CCC12. The predicted molar refractivity (Wildman–Crippen MR) is 82.7 cm³/mol. The molecular weight excluding hydrogens is 260 g/mol. The Labute approximate surface area is 128 Å². The second kappa shape index (κ2) is 4.57. The molecule has 118 valence electrons. The zero-order valence-corrected chi connectivity index (χ0v) is 13.6. The normalized spacial score (nSPS) is 56.5. The quantitative estimate of drug-likeness (QED) is 0.733. The molecule has 0 amide bonds. The van der Waals surface area contributed by atoms with Gasteiger partial charge >= 0.3 is 0 Å². The van der Waals surface area contributed by atoms with E-state index in [1.165, 1.54) is 25.7 Å². The summed E-state index contributed by atoms with van der Waals surface area (Å²) in [6, 6.07) is 0. The molecule has 0 aromatic heterocycles. The van der Waals surface area contributed by atoms with Crippen LogP contribution in [0.25, 0.3) is 0 Å². The van der Waals surface area contributed by atoms with Gasteiger partial charge in [0.05, 0.1) is 6.10 Å². The highest BCUT2D eigenvalue weighted by molar-refractivity contribution is 5.87. The number of hydrogen-bond acceptors (Lipinski definition) is 2. The van der Waals surface area contributed by atoms with Crippen molar-refractivity contribution in [3.05, 3.63) is 0 Å². The van der Waals surface area contributed by atoms with Gasteiger partial charge in [-0.2, -0.15) is 0 Å². The highest BCUT2D eigenvalue weighted by Crippen LogP contribution is 2.65. The van der Waals surface area contributed by atoms with Crippen LogP contribution in [0.4, 0.5) is 0 Å². The van der Waals surface area contributed by atoms with Crippen molar-refractivity contribution in [2.75, 3.05) is 0 Å². The monoisotopic (exact) mass is 290 g/mol. The van der Waals surface area contributed by atoms with E-state index in [0.717, 1.165) is 49.9 Å². The maximum absolute atomic E-state index is 12.4. The first-order chi connectivity index (χ1) is 9.95. The van der Waals surface area contributed by atoms with Crippen LogP contribution in [-0.4, -0.2) is 17.0 Å². The Bertz CT molecular complexity index is 458. The second-order valence-corrected chi connectivity index (χ2v) is 9.00. The van der Waals surface area contributed by atoms with Crippen LogP contribution < -0.4 is 0 Å². The summed E-state index contributed by atoms with van der Waals surface area (Å²) >= 11 is 0. The molecule has 21 heavy (non-hydrogen) atoms. The van der Waals surface area contributed by atoms with Crippen molar-refractivity contribution in [2.45, 2.75) is 77.7 Å². The fraction of sp³-hybridized carbons (Fsp3) is 0.947. The molecule has 0 radical (unpaired) electrons. The summed E-state index contributed by atoms with van der Waals surface area (Å²) in [6.45, 7) is 4.78. The summed E-state index contributed by atoms with van der Waals surface area (Å²) in [5, 5.41) is 10.0. The average molecular weight is 290 g/mol. The van der Waals surface area contributed by atoms with E-state index in [9.17, 15) is 9.90 Å². The predicted octanol–water partition coefficient (Wildman–Crippen LogP) is 3.96. The van der Waals surface area contributed by atoms with Gasteiger partial charge < -0.3 is 5.11 Å². The fourth-order valence-electron chi connectivity index (χ4n) is 7.01. The van der Waals surface area contributed by atoms with Crippen molar-refractivity contribution in [1.82, 2.24) is 0 Å². The molecule has 0 aromatic rings. The number of ketones is 1. The van der Waals surface area contributed by atoms with Gasteiger partial charge in [-0.15, -0.1) is 0 Å². The molecule has 2 nitrogen and oxygen atoms in total. The van der Waals surface area contributed by atoms with Crippen LogP contribution in [0.1, 0.15) is 71.6 Å². The molecule has 4 aliphatic carbocycles. The smallest absolute Gasteiger partial charge is 0.139 e. The molecule has 2 heteroatoms. The maximum Gasteiger partial charge on any atom is 0.139 e. The van der Waals surface area contributed by atoms with E-state index < -0.39 is 0 Å². The van der Waals surface area contributed by atoms with E-state index in [2.05, 4.69) is 13.8 Å². The molecular formula is C19H30O2. The zero-order valence-electron chi connectivity index (χ0n) is 13.6. The summed E-state index contributed by atoms with van der Waals surface area (Å²) in [5.41, 5.74) is 0.452. The third-order valence-corrected chi connectivity index (χ3v) is 8.35. The number of fused-ring (bicyclic) bond motifs is 5. The molecule has 0 aromatic carbocycles. The van der Waals surface area contributed by atoms with E-state index >= 15 is 0 Å². The molecule has 0 saturated heterocycles. The lowest BCUT2D eigenvalue weighted by molar-refractivity contribution is -0.142. The van der Waals surface area contributed by atoms with E-state index in [-0.39, 0.29) is 11.5 Å². The minimum Gasteiger partial charge on any atom is -0.393 e. The van der Waals surface area contributed by atoms with Crippen LogP contribution in [0, 0.1) is 34.5 Å². The summed E-state index contributed by atoms with van der Waals surface area (Å²) < 4.78 is 0. The lowest BCUT2D eigenvalue weighted by Crippen LogP contribution is -2.54. The van der Waals surface area contributed by atoms with E-state index in [1.807, 2.05) is 0 Å². The molecule has 4 saturated carbocycles. The molecule has 4 fully saturated rings. The minimum absolute atomic E-state index is 0.0124. The zero-order chi connectivity index (χ0) is 14.8. The van der Waals surface area contributed by atoms with Gasteiger partial charge in [0, 0.05) is 11.8 Å². The van der Waals surface area contributed by atoms with Crippen LogP contribution in [0.3, 0.4) is 0 Å². The van der Waals surface area contributed by atoms with Crippen molar-refractivity contribution < 1.29 is 9.90 Å². The molecule has 1 N–H and O–H groups in total. The summed E-state index contributed by atoms with van der Waals surface area (Å²) in [7, 11) is 0. The first kappa shape index (κ1) is 14.2. The Morgan fingerprint density at radius 1 is 1.00 bits per heavy atom. The molecule has 4 unspecified atom stereocenters. The third-order valence-electron chi connectivity index (χ3n) is 8.35. The van der Waals surface area contributed by atoms with Gasteiger partial charge in [0.25, 0.3) is 0 Å². The Morgan fingerprint density at radius 3 is 2.62 bits per heavy atom. The Balaban J connectivity index is 1.64. The van der Waals surface area contributed by atoms with Crippen LogP contribution in [-0.2, 0) is 4.79 Å². The van der Waals surface area contributed by atoms with Gasteiger partial charge in [-0.25, -0.2) is 0 Å². The van der Waals surface area contributed by atoms with E-state index in [4.69, 9.17) is 0 Å². The Hall–Kier alpha value is -0.370. The van der Waals surface area contributed by atoms with Gasteiger partial charge in [0.15, 0.2) is 0 Å². The molecule has 4 aliphatic rings. The van der Waals surface area contributed by atoms with E-state index in [1.54, 1.807) is 0 Å². The molecule has 0 spiro atoms. The number of rotatable bonds is 0. The van der Waals surface area contributed by atoms with Crippen molar-refractivity contribution in [3.63, 3.8) is 0 Å². The molecule has 0 heterocycles. The highest BCUT2D eigenvalue weighted by atomic mass is 16.3. The fourth-order valence-corrected chi connectivity index (χ4v) is 7.01. The standard InChI is InChI=1S/C19H30O2/c1-18-9-7-13(20)11-12(18)3-4-14-15-5-6-17(21)19(15,2)10-8-16(14)18/h12-16,20H,3-11H2,1-2H3/t12?,13-,14?,15?,16?,18-,19-/m0/s1. The topological polar surface area (TPSA) is 37.3 Å². The lowest BCUT2D eigenvalue weighted by Gasteiger charge is -2.60. The first-order valence-corrected chi connectivity index (χ1v) is 9.16. The molecule has 4 rings (SSSR count). The number of Topliss-reactive ketones (excluding diaryl/α,β-unsaturated/α-hetero) is 1. The average Bonchev–Trinajstić information content (AvgIpc) is 2.76. The minimum atomic E-state index is -0.0541. The van der Waals surface area contributed by atoms with Crippen molar-refractivity contribution >= 4 is 5.78 Å². The Morgan fingerprint density at radius 2 is 1.81 bits per heavy atom.